The molecule has 0 bridgehead atoms. The van der Waals surface area contributed by atoms with Gasteiger partial charge >= 0.3 is 0 Å². The van der Waals surface area contributed by atoms with Gasteiger partial charge in [0.15, 0.2) is 0 Å². The molecule has 1 atom stereocenters. The van der Waals surface area contributed by atoms with Crippen LogP contribution in [0.5, 0.6) is 0 Å². The monoisotopic (exact) mass is 272 g/mol. The van der Waals surface area contributed by atoms with Crippen LogP contribution < -0.4 is 10.9 Å². The average Bonchev–Trinajstić information content (AvgIpc) is 2.87. The zero-order chi connectivity index (χ0) is 14.1. The van der Waals surface area contributed by atoms with E-state index in [-0.39, 0.29) is 23.1 Å². The highest BCUT2D eigenvalue weighted by molar-refractivity contribution is 5.94. The molecule has 2 aromatic rings. The van der Waals surface area contributed by atoms with Crippen molar-refractivity contribution < 1.29 is 9.21 Å². The first-order chi connectivity index (χ1) is 9.65. The maximum Gasteiger partial charge on any atom is 0.260 e. The second-order valence-corrected chi connectivity index (χ2v) is 5.10. The van der Waals surface area contributed by atoms with Gasteiger partial charge < -0.3 is 14.7 Å². The molecule has 1 aliphatic rings. The summed E-state index contributed by atoms with van der Waals surface area (Å²) in [4.78, 5) is 26.6. The quantitative estimate of drug-likeness (QED) is 0.879. The Bertz CT molecular complexity index is 699. The van der Waals surface area contributed by atoms with Gasteiger partial charge in [-0.3, -0.25) is 9.59 Å². The largest absolute Gasteiger partial charge is 0.469 e. The van der Waals surface area contributed by atoms with Gasteiger partial charge in [0.2, 0.25) is 0 Å². The van der Waals surface area contributed by atoms with Crippen LogP contribution in [0, 0.1) is 6.92 Å². The molecule has 20 heavy (non-hydrogen) atoms. The normalized spacial score (nSPS) is 17.6. The lowest BCUT2D eigenvalue weighted by Crippen LogP contribution is -2.34. The van der Waals surface area contributed by atoms with E-state index in [9.17, 15) is 9.59 Å². The number of aromatic amines is 1. The first kappa shape index (κ1) is 12.7. The number of pyridine rings is 1. The zero-order valence-corrected chi connectivity index (χ0v) is 11.2. The number of rotatable bonds is 2. The van der Waals surface area contributed by atoms with E-state index in [4.69, 9.17) is 4.42 Å². The predicted octanol–water partition coefficient (Wildman–Crippen LogP) is 2.08. The molecule has 0 spiro atoms. The molecule has 3 rings (SSSR count). The van der Waals surface area contributed by atoms with Crippen molar-refractivity contribution in [2.75, 3.05) is 0 Å². The van der Waals surface area contributed by atoms with Gasteiger partial charge in [0.25, 0.3) is 11.5 Å². The second kappa shape index (κ2) is 5.00. The summed E-state index contributed by atoms with van der Waals surface area (Å²) in [5.41, 5.74) is 1.55. The van der Waals surface area contributed by atoms with Gasteiger partial charge in [-0.1, -0.05) is 0 Å². The molecular formula is C15H16N2O3. The van der Waals surface area contributed by atoms with E-state index in [1.165, 1.54) is 0 Å². The summed E-state index contributed by atoms with van der Waals surface area (Å²) in [7, 11) is 0. The van der Waals surface area contributed by atoms with Crippen molar-refractivity contribution in [3.8, 4) is 0 Å². The van der Waals surface area contributed by atoms with Crippen molar-refractivity contribution in [2.45, 2.75) is 32.2 Å². The molecule has 0 saturated carbocycles. The minimum Gasteiger partial charge on any atom is -0.469 e. The highest BCUT2D eigenvalue weighted by Crippen LogP contribution is 2.30. The molecule has 0 aliphatic heterocycles. The van der Waals surface area contributed by atoms with E-state index in [0.29, 0.717) is 0 Å². The number of nitrogens with one attached hydrogen (secondary N) is 2. The van der Waals surface area contributed by atoms with Crippen LogP contribution in [0.2, 0.25) is 0 Å². The summed E-state index contributed by atoms with van der Waals surface area (Å²) < 4.78 is 5.39. The van der Waals surface area contributed by atoms with Crippen LogP contribution in [0.25, 0.3) is 0 Å². The van der Waals surface area contributed by atoms with Crippen LogP contribution in [-0.2, 0) is 6.42 Å². The van der Waals surface area contributed by atoms with Crippen LogP contribution >= 0.6 is 0 Å². The van der Waals surface area contributed by atoms with Crippen LogP contribution in [0.3, 0.4) is 0 Å². The van der Waals surface area contributed by atoms with Crippen molar-refractivity contribution >= 4 is 5.91 Å². The molecule has 5 heteroatoms. The minimum absolute atomic E-state index is 0.0781. The van der Waals surface area contributed by atoms with Gasteiger partial charge in [-0.15, -0.1) is 0 Å². The molecule has 0 aromatic carbocycles. The Balaban J connectivity index is 1.82. The van der Waals surface area contributed by atoms with Gasteiger partial charge in [0.1, 0.15) is 11.3 Å². The van der Waals surface area contributed by atoms with Gasteiger partial charge in [-0.25, -0.2) is 0 Å². The summed E-state index contributed by atoms with van der Waals surface area (Å²) in [5.74, 6) is 0.588. The number of carbonyl (C=O) groups is 1. The number of amides is 1. The molecule has 104 valence electrons. The molecule has 2 aromatic heterocycles. The van der Waals surface area contributed by atoms with E-state index in [2.05, 4.69) is 10.3 Å². The molecule has 1 aliphatic carbocycles. The molecule has 0 saturated heterocycles. The number of furan rings is 1. The minimum atomic E-state index is -0.356. The Morgan fingerprint density at radius 3 is 3.05 bits per heavy atom. The van der Waals surface area contributed by atoms with E-state index in [0.717, 1.165) is 36.3 Å². The van der Waals surface area contributed by atoms with Crippen LogP contribution in [-0.4, -0.2) is 10.9 Å². The van der Waals surface area contributed by atoms with E-state index < -0.39 is 0 Å². The van der Waals surface area contributed by atoms with Crippen molar-refractivity contribution in [3.05, 3.63) is 57.4 Å². The number of carbonyl (C=O) groups excluding carboxylic acids is 1. The lowest BCUT2D eigenvalue weighted by Gasteiger charge is -2.22. The topological polar surface area (TPSA) is 75.1 Å². The number of hydrogen-bond donors (Lipinski definition) is 2. The summed E-state index contributed by atoms with van der Waals surface area (Å²) in [6.07, 6.45) is 4.38. The standard InChI is InChI=1S/C15H16N2O3/c1-9-5-6-11(14(18)16-9)15(19)17-12-3-2-4-13-10(12)7-8-20-13/h5-8,12H,2-4H2,1H3,(H,16,18)(H,17,19)/t12-/m0/s1. The van der Waals surface area contributed by atoms with E-state index >= 15 is 0 Å². The SMILES string of the molecule is Cc1ccc(C(=O)N[C@H]2CCCc3occc32)c(=O)[nH]1. The Hall–Kier alpha value is -2.30. The lowest BCUT2D eigenvalue weighted by molar-refractivity contribution is 0.0930. The number of aryl methyl sites for hydroxylation is 2. The Kier molecular flexibility index (Phi) is 3.18. The van der Waals surface area contributed by atoms with Gasteiger partial charge in [-0.2, -0.15) is 0 Å². The molecule has 5 nitrogen and oxygen atoms in total. The Morgan fingerprint density at radius 1 is 1.40 bits per heavy atom. The third-order valence-electron chi connectivity index (χ3n) is 3.66. The zero-order valence-electron chi connectivity index (χ0n) is 11.2. The number of H-pyrrole nitrogens is 1. The Morgan fingerprint density at radius 2 is 2.25 bits per heavy atom. The second-order valence-electron chi connectivity index (χ2n) is 5.10. The molecule has 1 amide bonds. The first-order valence-corrected chi connectivity index (χ1v) is 6.72. The molecule has 2 N–H and O–H groups in total. The molecular weight excluding hydrogens is 256 g/mol. The smallest absolute Gasteiger partial charge is 0.260 e. The highest BCUT2D eigenvalue weighted by atomic mass is 16.3. The van der Waals surface area contributed by atoms with Crippen molar-refractivity contribution in [3.63, 3.8) is 0 Å². The van der Waals surface area contributed by atoms with E-state index in [1.54, 1.807) is 25.3 Å². The molecule has 0 fully saturated rings. The maximum atomic E-state index is 12.2. The summed E-state index contributed by atoms with van der Waals surface area (Å²) in [6, 6.07) is 5.09. The van der Waals surface area contributed by atoms with E-state index in [1.807, 2.05) is 6.07 Å². The Labute approximate surface area is 116 Å². The summed E-state index contributed by atoms with van der Waals surface area (Å²) >= 11 is 0. The molecule has 2 heterocycles. The van der Waals surface area contributed by atoms with Crippen molar-refractivity contribution in [2.24, 2.45) is 0 Å². The predicted molar refractivity (Wildman–Crippen MR) is 73.7 cm³/mol. The van der Waals surface area contributed by atoms with Gasteiger partial charge in [-0.05, 0) is 38.0 Å². The third-order valence-corrected chi connectivity index (χ3v) is 3.66. The summed E-state index contributed by atoms with van der Waals surface area (Å²) in [6.45, 7) is 1.78. The highest BCUT2D eigenvalue weighted by Gasteiger charge is 2.25. The fraction of sp³-hybridized carbons (Fsp3) is 0.333. The maximum absolute atomic E-state index is 12.2. The van der Waals surface area contributed by atoms with Crippen LogP contribution in [0.1, 0.15) is 46.3 Å². The number of aromatic nitrogens is 1. The van der Waals surface area contributed by atoms with Crippen LogP contribution in [0.4, 0.5) is 0 Å². The fourth-order valence-electron chi connectivity index (χ4n) is 2.62. The average molecular weight is 272 g/mol. The number of hydrogen-bond acceptors (Lipinski definition) is 3. The lowest BCUT2D eigenvalue weighted by atomic mass is 9.93. The molecule has 0 unspecified atom stereocenters. The van der Waals surface area contributed by atoms with Crippen molar-refractivity contribution in [1.29, 1.82) is 0 Å². The van der Waals surface area contributed by atoms with Gasteiger partial charge in [0.05, 0.1) is 12.3 Å². The van der Waals surface area contributed by atoms with Crippen molar-refractivity contribution in [1.82, 2.24) is 10.3 Å². The van der Waals surface area contributed by atoms with Gasteiger partial charge in [0, 0.05) is 17.7 Å². The van der Waals surface area contributed by atoms with Crippen LogP contribution in [0.15, 0.2) is 33.7 Å². The summed E-state index contributed by atoms with van der Waals surface area (Å²) in [5, 5.41) is 2.92. The third kappa shape index (κ3) is 2.27. The molecule has 0 radical (unpaired) electrons. The fourth-order valence-corrected chi connectivity index (χ4v) is 2.62. The number of fused-ring (bicyclic) bond motifs is 1. The first-order valence-electron chi connectivity index (χ1n) is 6.72.